The molecule has 0 saturated carbocycles. The van der Waals surface area contributed by atoms with Crippen LogP contribution in [0.5, 0.6) is 5.75 Å². The van der Waals surface area contributed by atoms with Crippen molar-refractivity contribution < 1.29 is 26.9 Å². The van der Waals surface area contributed by atoms with Crippen LogP contribution in [0.2, 0.25) is 0 Å². The molecule has 0 N–H and O–H groups in total. The number of rotatable bonds is 7. The zero-order chi connectivity index (χ0) is 15.2. The Morgan fingerprint density at radius 3 is 2.60 bits per heavy atom. The molecule has 1 rings (SSSR count). The maximum atomic E-state index is 11.7. The minimum Gasteiger partial charge on any atom is -0.465 e. The summed E-state index contributed by atoms with van der Waals surface area (Å²) in [5.41, 5.74) is 0.658. The van der Waals surface area contributed by atoms with Crippen molar-refractivity contribution >= 4 is 22.4 Å². The van der Waals surface area contributed by atoms with E-state index in [1.54, 1.807) is 0 Å². The Labute approximate surface area is 117 Å². The van der Waals surface area contributed by atoms with Gasteiger partial charge in [0.1, 0.15) is 12.0 Å². The van der Waals surface area contributed by atoms with Crippen LogP contribution >= 0.6 is 0 Å². The molecule has 0 unspecified atom stereocenters. The van der Waals surface area contributed by atoms with Crippen molar-refractivity contribution in [1.29, 1.82) is 0 Å². The third-order valence-corrected chi connectivity index (χ3v) is 3.01. The second-order valence-electron chi connectivity index (χ2n) is 4.12. The van der Waals surface area contributed by atoms with E-state index in [-0.39, 0.29) is 11.3 Å². The van der Waals surface area contributed by atoms with E-state index in [0.29, 0.717) is 24.8 Å². The van der Waals surface area contributed by atoms with E-state index in [2.05, 4.69) is 4.74 Å². The lowest BCUT2D eigenvalue weighted by Gasteiger charge is -2.12. The summed E-state index contributed by atoms with van der Waals surface area (Å²) < 4.78 is 32.0. The number of esters is 1. The summed E-state index contributed by atoms with van der Waals surface area (Å²) in [4.78, 5) is 22.1. The molecule has 0 aliphatic carbocycles. The predicted octanol–water partition coefficient (Wildman–Crippen LogP) is 1.33. The van der Waals surface area contributed by atoms with Gasteiger partial charge in [-0.1, -0.05) is 6.07 Å². The second kappa shape index (κ2) is 7.04. The van der Waals surface area contributed by atoms with Gasteiger partial charge in [0, 0.05) is 12.0 Å². The van der Waals surface area contributed by atoms with Crippen LogP contribution in [0.4, 0.5) is 0 Å². The molecule has 0 spiro atoms. The van der Waals surface area contributed by atoms with E-state index in [1.165, 1.54) is 25.3 Å². The molecule has 1 aromatic carbocycles. The van der Waals surface area contributed by atoms with E-state index >= 15 is 0 Å². The molecule has 20 heavy (non-hydrogen) atoms. The molecule has 0 aliphatic rings. The van der Waals surface area contributed by atoms with Crippen LogP contribution in [0.15, 0.2) is 18.2 Å². The summed E-state index contributed by atoms with van der Waals surface area (Å²) in [6, 6.07) is 4.50. The van der Waals surface area contributed by atoms with E-state index in [1.807, 2.05) is 0 Å². The fourth-order valence-corrected chi connectivity index (χ4v) is 2.21. The lowest BCUT2D eigenvalue weighted by atomic mass is 10.0. The van der Waals surface area contributed by atoms with E-state index in [0.717, 1.165) is 12.5 Å². The van der Waals surface area contributed by atoms with Crippen molar-refractivity contribution in [3.63, 3.8) is 0 Å². The van der Waals surface area contributed by atoms with Gasteiger partial charge in [0.05, 0.1) is 18.9 Å². The first-order valence-corrected chi connectivity index (χ1v) is 7.74. The highest BCUT2D eigenvalue weighted by atomic mass is 32.2. The molecule has 0 heterocycles. The molecule has 0 bridgehead atoms. The van der Waals surface area contributed by atoms with Crippen molar-refractivity contribution in [2.75, 3.05) is 13.4 Å². The average Bonchev–Trinajstić information content (AvgIpc) is 2.38. The first-order chi connectivity index (χ1) is 9.39. The maximum absolute atomic E-state index is 11.7. The van der Waals surface area contributed by atoms with Crippen molar-refractivity contribution in [3.8, 4) is 5.75 Å². The van der Waals surface area contributed by atoms with Gasteiger partial charge in [-0.25, -0.2) is 4.79 Å². The third-order valence-electron chi connectivity index (χ3n) is 2.53. The molecule has 0 saturated heterocycles. The number of aldehydes is 1. The standard InChI is InChI=1S/C13H16O6S/c1-18-13(15)11-7-5-8-12(19-20(2,16)17)10(11)6-3-4-9-14/h5,7-9H,3-4,6H2,1-2H3. The van der Waals surface area contributed by atoms with Crippen LogP contribution in [0.1, 0.15) is 28.8 Å². The number of unbranched alkanes of at least 4 members (excludes halogenated alkanes) is 1. The lowest BCUT2D eigenvalue weighted by molar-refractivity contribution is -0.107. The van der Waals surface area contributed by atoms with E-state index < -0.39 is 16.1 Å². The van der Waals surface area contributed by atoms with Crippen LogP contribution in [0, 0.1) is 0 Å². The topological polar surface area (TPSA) is 86.7 Å². The Kier molecular flexibility index (Phi) is 5.69. The Hall–Kier alpha value is -1.89. The number of hydrogen-bond donors (Lipinski definition) is 0. The summed E-state index contributed by atoms with van der Waals surface area (Å²) in [5.74, 6) is -0.494. The third kappa shape index (κ3) is 4.65. The smallest absolute Gasteiger partial charge is 0.338 e. The van der Waals surface area contributed by atoms with Gasteiger partial charge < -0.3 is 13.7 Å². The number of benzene rings is 1. The van der Waals surface area contributed by atoms with Gasteiger partial charge in [0.25, 0.3) is 0 Å². The minimum atomic E-state index is -3.70. The molecule has 110 valence electrons. The molecule has 7 heteroatoms. The van der Waals surface area contributed by atoms with Crippen LogP contribution in [0.25, 0.3) is 0 Å². The number of ether oxygens (including phenoxy) is 1. The maximum Gasteiger partial charge on any atom is 0.338 e. The fourth-order valence-electron chi connectivity index (χ4n) is 1.73. The predicted molar refractivity (Wildman–Crippen MR) is 72.3 cm³/mol. The van der Waals surface area contributed by atoms with Gasteiger partial charge in [0.2, 0.25) is 0 Å². The zero-order valence-corrected chi connectivity index (χ0v) is 12.1. The highest BCUT2D eigenvalue weighted by Crippen LogP contribution is 2.26. The molecular formula is C13H16O6S. The van der Waals surface area contributed by atoms with Crippen LogP contribution in [-0.4, -0.2) is 34.0 Å². The number of carbonyl (C=O) groups is 2. The Bertz CT molecular complexity index is 591. The van der Waals surface area contributed by atoms with Crippen LogP contribution in [0.3, 0.4) is 0 Å². The summed E-state index contributed by atoms with van der Waals surface area (Å²) >= 11 is 0. The molecule has 0 atom stereocenters. The number of carbonyl (C=O) groups excluding carboxylic acids is 2. The van der Waals surface area contributed by atoms with Gasteiger partial charge in [0.15, 0.2) is 0 Å². The number of methoxy groups -OCH3 is 1. The molecule has 0 aliphatic heterocycles. The van der Waals surface area contributed by atoms with Crippen molar-refractivity contribution in [1.82, 2.24) is 0 Å². The highest BCUT2D eigenvalue weighted by Gasteiger charge is 2.18. The molecule has 0 fully saturated rings. The van der Waals surface area contributed by atoms with Gasteiger partial charge in [-0.05, 0) is 25.0 Å². The quantitative estimate of drug-likeness (QED) is 0.327. The fraction of sp³-hybridized carbons (Fsp3) is 0.385. The monoisotopic (exact) mass is 300 g/mol. The van der Waals surface area contributed by atoms with E-state index in [9.17, 15) is 18.0 Å². The Morgan fingerprint density at radius 1 is 1.35 bits per heavy atom. The van der Waals surface area contributed by atoms with Crippen molar-refractivity contribution in [2.45, 2.75) is 19.3 Å². The molecule has 6 nitrogen and oxygen atoms in total. The van der Waals surface area contributed by atoms with Gasteiger partial charge in [-0.2, -0.15) is 8.42 Å². The minimum absolute atomic E-state index is 0.0845. The SMILES string of the molecule is COC(=O)c1cccc(OS(C)(=O)=O)c1CCCC=O. The summed E-state index contributed by atoms with van der Waals surface area (Å²) in [6.07, 6.45) is 2.82. The number of hydrogen-bond acceptors (Lipinski definition) is 6. The van der Waals surface area contributed by atoms with Gasteiger partial charge in [-0.3, -0.25) is 0 Å². The zero-order valence-electron chi connectivity index (χ0n) is 11.3. The highest BCUT2D eigenvalue weighted by molar-refractivity contribution is 7.86. The van der Waals surface area contributed by atoms with Gasteiger partial charge >= 0.3 is 16.1 Å². The molecular weight excluding hydrogens is 284 g/mol. The molecule has 0 amide bonds. The normalized spacial score (nSPS) is 10.9. The summed E-state index contributed by atoms with van der Waals surface area (Å²) in [6.45, 7) is 0. The first kappa shape index (κ1) is 16.2. The molecule has 0 radical (unpaired) electrons. The second-order valence-corrected chi connectivity index (χ2v) is 5.70. The largest absolute Gasteiger partial charge is 0.465 e. The van der Waals surface area contributed by atoms with E-state index in [4.69, 9.17) is 4.18 Å². The Balaban J connectivity index is 3.20. The van der Waals surface area contributed by atoms with Crippen LogP contribution < -0.4 is 4.18 Å². The molecule has 0 aromatic heterocycles. The summed E-state index contributed by atoms with van der Waals surface area (Å²) in [7, 11) is -2.46. The molecule has 1 aromatic rings. The Morgan fingerprint density at radius 2 is 2.05 bits per heavy atom. The average molecular weight is 300 g/mol. The summed E-state index contributed by atoms with van der Waals surface area (Å²) in [5, 5.41) is 0. The van der Waals surface area contributed by atoms with Crippen LogP contribution in [-0.2, 0) is 26.1 Å². The van der Waals surface area contributed by atoms with Crippen molar-refractivity contribution in [2.24, 2.45) is 0 Å². The first-order valence-electron chi connectivity index (χ1n) is 5.92. The van der Waals surface area contributed by atoms with Crippen molar-refractivity contribution in [3.05, 3.63) is 29.3 Å². The van der Waals surface area contributed by atoms with Gasteiger partial charge in [-0.15, -0.1) is 0 Å². The lowest BCUT2D eigenvalue weighted by Crippen LogP contribution is -2.12.